The Morgan fingerprint density at radius 2 is 0.902 bits per heavy atom. The van der Waals surface area contributed by atoms with Crippen LogP contribution in [-0.4, -0.2) is 4.57 Å². The fourth-order valence-electron chi connectivity index (χ4n) is 10.1. The van der Waals surface area contributed by atoms with E-state index in [0.717, 1.165) is 17.1 Å². The van der Waals surface area contributed by atoms with E-state index in [1.807, 2.05) is 0 Å². The summed E-state index contributed by atoms with van der Waals surface area (Å²) in [6.45, 7) is 4.78. The van der Waals surface area contributed by atoms with Gasteiger partial charge >= 0.3 is 0 Å². The summed E-state index contributed by atoms with van der Waals surface area (Å²) in [5.74, 6) is 0. The molecule has 0 amide bonds. The molecule has 288 valence electrons. The van der Waals surface area contributed by atoms with Crippen molar-refractivity contribution in [3.63, 3.8) is 0 Å². The van der Waals surface area contributed by atoms with Crippen LogP contribution in [0.4, 0.5) is 17.1 Å². The standard InChI is InChI=1S/C59H42N2/c1-59(2)55-37-47(31-33-51(55)52-34-32-48(38-56(52)59)61-57-22-11-10-20-53(57)54-35-43-16-6-7-17-44(43)36-58(54)61)60(45-27-23-40(24-28-45)39-13-4-3-5-14-39)46-29-25-42(26-30-46)50-21-12-18-41-15-8-9-19-49(41)50/h3-38H,1-2H3. The summed E-state index contributed by atoms with van der Waals surface area (Å²) in [4.78, 5) is 2.41. The van der Waals surface area contributed by atoms with Gasteiger partial charge in [0.05, 0.1) is 11.0 Å². The lowest BCUT2D eigenvalue weighted by atomic mass is 9.82. The molecular formula is C59H42N2. The average Bonchev–Trinajstić information content (AvgIpc) is 3.75. The average molecular weight is 779 g/mol. The van der Waals surface area contributed by atoms with E-state index in [2.05, 4.69) is 242 Å². The second kappa shape index (κ2) is 13.7. The molecule has 0 spiro atoms. The summed E-state index contributed by atoms with van der Waals surface area (Å²) < 4.78 is 2.46. The molecule has 0 radical (unpaired) electrons. The molecular weight excluding hydrogens is 737 g/mol. The Kier molecular flexibility index (Phi) is 7.92. The van der Waals surface area contributed by atoms with Gasteiger partial charge in [-0.25, -0.2) is 0 Å². The normalized spacial score (nSPS) is 12.9. The van der Waals surface area contributed by atoms with Crippen LogP contribution in [0, 0.1) is 0 Å². The lowest BCUT2D eigenvalue weighted by Gasteiger charge is -2.28. The number of anilines is 3. The van der Waals surface area contributed by atoms with Crippen LogP contribution in [0.3, 0.4) is 0 Å². The van der Waals surface area contributed by atoms with E-state index in [9.17, 15) is 0 Å². The Hall–Kier alpha value is -7.68. The van der Waals surface area contributed by atoms with E-state index in [-0.39, 0.29) is 5.41 Å². The van der Waals surface area contributed by atoms with Gasteiger partial charge in [0.2, 0.25) is 0 Å². The lowest BCUT2D eigenvalue weighted by molar-refractivity contribution is 0.660. The quantitative estimate of drug-likeness (QED) is 0.163. The Morgan fingerprint density at radius 1 is 0.344 bits per heavy atom. The number of benzene rings is 10. The van der Waals surface area contributed by atoms with E-state index in [4.69, 9.17) is 0 Å². The monoisotopic (exact) mass is 778 g/mol. The Morgan fingerprint density at radius 3 is 1.66 bits per heavy atom. The highest BCUT2D eigenvalue weighted by molar-refractivity contribution is 6.13. The van der Waals surface area contributed by atoms with Gasteiger partial charge in [-0.2, -0.15) is 0 Å². The molecule has 12 rings (SSSR count). The Balaban J connectivity index is 0.970. The molecule has 0 unspecified atom stereocenters. The smallest absolute Gasteiger partial charge is 0.0547 e. The molecule has 0 bridgehead atoms. The van der Waals surface area contributed by atoms with Crippen LogP contribution in [0.15, 0.2) is 218 Å². The first-order valence-electron chi connectivity index (χ1n) is 21.3. The molecule has 61 heavy (non-hydrogen) atoms. The zero-order valence-corrected chi connectivity index (χ0v) is 34.2. The molecule has 0 saturated heterocycles. The number of fused-ring (bicyclic) bond motifs is 8. The van der Waals surface area contributed by atoms with Crippen LogP contribution >= 0.6 is 0 Å². The van der Waals surface area contributed by atoms with Crippen LogP contribution in [0.5, 0.6) is 0 Å². The van der Waals surface area contributed by atoms with Crippen molar-refractivity contribution >= 4 is 60.4 Å². The first-order valence-corrected chi connectivity index (χ1v) is 21.3. The highest BCUT2D eigenvalue weighted by Crippen LogP contribution is 2.52. The van der Waals surface area contributed by atoms with Gasteiger partial charge in [0.1, 0.15) is 0 Å². The van der Waals surface area contributed by atoms with Crippen LogP contribution in [-0.2, 0) is 5.41 Å². The van der Waals surface area contributed by atoms with Crippen molar-refractivity contribution in [2.45, 2.75) is 19.3 Å². The van der Waals surface area contributed by atoms with Gasteiger partial charge in [0, 0.05) is 38.9 Å². The summed E-state index contributed by atoms with van der Waals surface area (Å²) in [6.07, 6.45) is 0. The zero-order chi connectivity index (χ0) is 40.7. The second-order valence-electron chi connectivity index (χ2n) is 17.0. The molecule has 2 heteroatoms. The third kappa shape index (κ3) is 5.64. The van der Waals surface area contributed by atoms with E-state index in [1.54, 1.807) is 0 Å². The molecule has 11 aromatic rings. The predicted octanol–water partition coefficient (Wildman–Crippen LogP) is 16.2. The maximum absolute atomic E-state index is 2.46. The topological polar surface area (TPSA) is 8.17 Å². The molecule has 1 aliphatic rings. The van der Waals surface area contributed by atoms with Crippen LogP contribution in [0.25, 0.3) is 82.4 Å². The molecule has 0 saturated carbocycles. The summed E-state index contributed by atoms with van der Waals surface area (Å²) >= 11 is 0. The van der Waals surface area contributed by atoms with Gasteiger partial charge in [0.15, 0.2) is 0 Å². The van der Waals surface area contributed by atoms with Gasteiger partial charge in [-0.15, -0.1) is 0 Å². The number of nitrogens with zero attached hydrogens (tertiary/aromatic N) is 2. The molecule has 10 aromatic carbocycles. The minimum atomic E-state index is -0.233. The highest BCUT2D eigenvalue weighted by atomic mass is 15.1. The predicted molar refractivity (Wildman–Crippen MR) is 259 cm³/mol. The van der Waals surface area contributed by atoms with Gasteiger partial charge in [-0.05, 0) is 133 Å². The van der Waals surface area contributed by atoms with Gasteiger partial charge in [0.25, 0.3) is 0 Å². The number of hydrogen-bond donors (Lipinski definition) is 0. The first-order chi connectivity index (χ1) is 30.0. The van der Waals surface area contributed by atoms with Crippen LogP contribution in [0.1, 0.15) is 25.0 Å². The fraction of sp³-hybridized carbons (Fsp3) is 0.0508. The first kappa shape index (κ1) is 35.3. The SMILES string of the molecule is CC1(C)c2cc(N(c3ccc(-c4ccccc4)cc3)c3ccc(-c4cccc5ccccc45)cc3)ccc2-c2ccc(-n3c4ccccc4c4cc5ccccc5cc43)cc21. The largest absolute Gasteiger partial charge is 0.310 e. The minimum absolute atomic E-state index is 0.233. The molecule has 0 N–H and O–H groups in total. The van der Waals surface area contributed by atoms with Gasteiger partial charge < -0.3 is 9.47 Å². The van der Waals surface area contributed by atoms with E-state index < -0.39 is 0 Å². The minimum Gasteiger partial charge on any atom is -0.310 e. The van der Waals surface area contributed by atoms with Crippen LogP contribution in [0.2, 0.25) is 0 Å². The third-order valence-corrected chi connectivity index (χ3v) is 13.2. The van der Waals surface area contributed by atoms with Crippen molar-refractivity contribution in [3.05, 3.63) is 230 Å². The van der Waals surface area contributed by atoms with Crippen molar-refractivity contribution in [3.8, 4) is 39.1 Å². The summed E-state index contributed by atoms with van der Waals surface area (Å²) in [5, 5.41) is 7.59. The van der Waals surface area contributed by atoms with Crippen LogP contribution < -0.4 is 4.90 Å². The number of hydrogen-bond acceptors (Lipinski definition) is 1. The van der Waals surface area contributed by atoms with E-state index >= 15 is 0 Å². The molecule has 0 fully saturated rings. The molecule has 0 aliphatic heterocycles. The van der Waals surface area contributed by atoms with Crippen molar-refractivity contribution in [1.29, 1.82) is 0 Å². The number of para-hydroxylation sites is 1. The van der Waals surface area contributed by atoms with Gasteiger partial charge in [-0.1, -0.05) is 166 Å². The second-order valence-corrected chi connectivity index (χ2v) is 17.0. The van der Waals surface area contributed by atoms with Crippen molar-refractivity contribution in [2.24, 2.45) is 0 Å². The zero-order valence-electron chi connectivity index (χ0n) is 34.2. The van der Waals surface area contributed by atoms with E-state index in [0.29, 0.717) is 0 Å². The molecule has 1 heterocycles. The maximum atomic E-state index is 2.46. The summed E-state index contributed by atoms with van der Waals surface area (Å²) in [5.41, 5.74) is 16.9. The molecule has 0 atom stereocenters. The van der Waals surface area contributed by atoms with Crippen molar-refractivity contribution < 1.29 is 0 Å². The number of rotatable bonds is 6. The molecule has 1 aliphatic carbocycles. The maximum Gasteiger partial charge on any atom is 0.0547 e. The Bertz CT molecular complexity index is 3480. The lowest BCUT2D eigenvalue weighted by Crippen LogP contribution is -2.17. The molecule has 2 nitrogen and oxygen atoms in total. The highest BCUT2D eigenvalue weighted by Gasteiger charge is 2.36. The third-order valence-electron chi connectivity index (χ3n) is 13.2. The Labute approximate surface area is 356 Å². The van der Waals surface area contributed by atoms with Crippen molar-refractivity contribution in [2.75, 3.05) is 4.90 Å². The molecule has 1 aromatic heterocycles. The fourth-order valence-corrected chi connectivity index (χ4v) is 10.1. The number of aromatic nitrogens is 1. The van der Waals surface area contributed by atoms with Crippen molar-refractivity contribution in [1.82, 2.24) is 4.57 Å². The van der Waals surface area contributed by atoms with E-state index in [1.165, 1.54) is 93.5 Å². The summed E-state index contributed by atoms with van der Waals surface area (Å²) in [6, 6.07) is 80.4. The van der Waals surface area contributed by atoms with Gasteiger partial charge in [-0.3, -0.25) is 0 Å². The summed E-state index contributed by atoms with van der Waals surface area (Å²) in [7, 11) is 0.